The minimum atomic E-state index is 0.0266. The first-order chi connectivity index (χ1) is 9.58. The van der Waals surface area contributed by atoms with Crippen molar-refractivity contribution in [2.45, 2.75) is 59.4 Å². The Morgan fingerprint density at radius 2 is 2.00 bits per heavy atom. The Balaban J connectivity index is 2.62. The van der Waals surface area contributed by atoms with Gasteiger partial charge in [0, 0.05) is 23.8 Å². The minimum Gasteiger partial charge on any atom is -0.385 e. The van der Waals surface area contributed by atoms with E-state index >= 15 is 0 Å². The Hall–Kier alpha value is -1.51. The Morgan fingerprint density at radius 1 is 1.25 bits per heavy atom. The van der Waals surface area contributed by atoms with Crippen molar-refractivity contribution in [3.05, 3.63) is 29.3 Å². The molecule has 1 aromatic carbocycles. The van der Waals surface area contributed by atoms with E-state index in [4.69, 9.17) is 0 Å². The van der Waals surface area contributed by atoms with Crippen molar-refractivity contribution in [2.75, 3.05) is 11.9 Å². The zero-order valence-electron chi connectivity index (χ0n) is 13.3. The molecule has 1 unspecified atom stereocenters. The summed E-state index contributed by atoms with van der Waals surface area (Å²) < 4.78 is 0. The van der Waals surface area contributed by atoms with Gasteiger partial charge in [-0.25, -0.2) is 0 Å². The van der Waals surface area contributed by atoms with Crippen molar-refractivity contribution in [1.29, 1.82) is 0 Å². The normalized spacial score (nSPS) is 12.0. The van der Waals surface area contributed by atoms with E-state index in [1.165, 1.54) is 0 Å². The van der Waals surface area contributed by atoms with Gasteiger partial charge in [0.05, 0.1) is 0 Å². The van der Waals surface area contributed by atoms with Gasteiger partial charge < -0.3 is 10.6 Å². The number of hydrogen-bond acceptors (Lipinski definition) is 2. The molecule has 0 aromatic heterocycles. The van der Waals surface area contributed by atoms with Crippen LogP contribution in [0.1, 0.15) is 62.4 Å². The highest BCUT2D eigenvalue weighted by Gasteiger charge is 2.10. The third-order valence-corrected chi connectivity index (χ3v) is 3.42. The maximum Gasteiger partial charge on any atom is 0.251 e. The Kier molecular flexibility index (Phi) is 7.13. The number of amides is 1. The van der Waals surface area contributed by atoms with E-state index in [1.54, 1.807) is 0 Å². The monoisotopic (exact) mass is 276 g/mol. The molecule has 0 aliphatic heterocycles. The summed E-state index contributed by atoms with van der Waals surface area (Å²) in [6, 6.07) is 6.09. The molecule has 2 N–H and O–H groups in total. The molecule has 0 radical (unpaired) electrons. The Labute approximate surface area is 123 Å². The second-order valence-corrected chi connectivity index (χ2v) is 5.47. The van der Waals surface area contributed by atoms with Crippen molar-refractivity contribution in [3.63, 3.8) is 0 Å². The Morgan fingerprint density at radius 3 is 2.60 bits per heavy atom. The maximum absolute atomic E-state index is 12.2. The van der Waals surface area contributed by atoms with Gasteiger partial charge in [-0.3, -0.25) is 4.79 Å². The molecule has 0 spiro atoms. The molecule has 1 atom stereocenters. The molecule has 0 bridgehead atoms. The van der Waals surface area contributed by atoms with Crippen molar-refractivity contribution in [1.82, 2.24) is 5.32 Å². The fraction of sp³-hybridized carbons (Fsp3) is 0.588. The molecule has 112 valence electrons. The lowest BCUT2D eigenvalue weighted by Crippen LogP contribution is -2.32. The minimum absolute atomic E-state index is 0.0266. The molecule has 1 amide bonds. The predicted molar refractivity (Wildman–Crippen MR) is 86.4 cm³/mol. The second-order valence-electron chi connectivity index (χ2n) is 5.47. The van der Waals surface area contributed by atoms with Crippen LogP contribution in [0.2, 0.25) is 0 Å². The van der Waals surface area contributed by atoms with E-state index in [0.29, 0.717) is 0 Å². The maximum atomic E-state index is 12.2. The zero-order chi connectivity index (χ0) is 15.0. The number of anilines is 1. The van der Waals surface area contributed by atoms with Gasteiger partial charge in [0.15, 0.2) is 0 Å². The number of hydrogen-bond donors (Lipinski definition) is 2. The molecule has 1 aromatic rings. The summed E-state index contributed by atoms with van der Waals surface area (Å²) in [6.45, 7) is 9.37. The topological polar surface area (TPSA) is 41.1 Å². The van der Waals surface area contributed by atoms with E-state index in [9.17, 15) is 4.79 Å². The summed E-state index contributed by atoms with van der Waals surface area (Å²) in [5.74, 6) is 0.0266. The first-order valence-corrected chi connectivity index (χ1v) is 7.73. The van der Waals surface area contributed by atoms with Crippen molar-refractivity contribution in [2.24, 2.45) is 0 Å². The predicted octanol–water partition coefficient (Wildman–Crippen LogP) is 4.13. The van der Waals surface area contributed by atoms with Gasteiger partial charge in [-0.15, -0.1) is 0 Å². The highest BCUT2D eigenvalue weighted by molar-refractivity contribution is 5.95. The SMILES string of the molecule is CCCCC(C)NC(=O)c1ccc(NCCC)c(C)c1. The molecule has 0 saturated heterocycles. The summed E-state index contributed by atoms with van der Waals surface area (Å²) >= 11 is 0. The van der Waals surface area contributed by atoms with E-state index < -0.39 is 0 Å². The van der Waals surface area contributed by atoms with Gasteiger partial charge in [-0.1, -0.05) is 26.7 Å². The summed E-state index contributed by atoms with van der Waals surface area (Å²) in [6.07, 6.45) is 4.45. The lowest BCUT2D eigenvalue weighted by molar-refractivity contribution is 0.0938. The highest BCUT2D eigenvalue weighted by atomic mass is 16.1. The number of carbonyl (C=O) groups is 1. The summed E-state index contributed by atoms with van der Waals surface area (Å²) in [5, 5.41) is 6.43. The van der Waals surface area contributed by atoms with Crippen molar-refractivity contribution in [3.8, 4) is 0 Å². The molecule has 20 heavy (non-hydrogen) atoms. The second kappa shape index (κ2) is 8.62. The van der Waals surface area contributed by atoms with Crippen LogP contribution in [0.15, 0.2) is 18.2 Å². The number of unbranched alkanes of at least 4 members (excludes halogenated alkanes) is 1. The third-order valence-electron chi connectivity index (χ3n) is 3.42. The number of rotatable bonds is 8. The quantitative estimate of drug-likeness (QED) is 0.749. The average molecular weight is 276 g/mol. The summed E-state index contributed by atoms with van der Waals surface area (Å²) in [4.78, 5) is 12.2. The van der Waals surface area contributed by atoms with Crippen LogP contribution in [0.4, 0.5) is 5.69 Å². The lowest BCUT2D eigenvalue weighted by atomic mass is 10.1. The molecule has 3 nitrogen and oxygen atoms in total. The molecule has 0 saturated carbocycles. The summed E-state index contributed by atoms with van der Waals surface area (Å²) in [7, 11) is 0. The number of nitrogens with one attached hydrogen (secondary N) is 2. The summed E-state index contributed by atoms with van der Waals surface area (Å²) in [5.41, 5.74) is 2.97. The fourth-order valence-electron chi connectivity index (χ4n) is 2.15. The zero-order valence-corrected chi connectivity index (χ0v) is 13.3. The van der Waals surface area contributed by atoms with E-state index in [1.807, 2.05) is 25.1 Å². The van der Waals surface area contributed by atoms with Crippen LogP contribution in [0, 0.1) is 6.92 Å². The van der Waals surface area contributed by atoms with Crippen LogP contribution in [-0.2, 0) is 0 Å². The average Bonchev–Trinajstić information content (AvgIpc) is 2.43. The van der Waals surface area contributed by atoms with Crippen molar-refractivity contribution >= 4 is 11.6 Å². The van der Waals surface area contributed by atoms with Gasteiger partial charge in [0.25, 0.3) is 5.91 Å². The molecule has 0 aliphatic rings. The molecule has 0 aliphatic carbocycles. The number of carbonyl (C=O) groups excluding carboxylic acids is 1. The molecular weight excluding hydrogens is 248 g/mol. The van der Waals surface area contributed by atoms with E-state index in [2.05, 4.69) is 31.4 Å². The largest absolute Gasteiger partial charge is 0.385 e. The van der Waals surface area contributed by atoms with Gasteiger partial charge in [-0.2, -0.15) is 0 Å². The van der Waals surface area contributed by atoms with Crippen LogP contribution in [0.3, 0.4) is 0 Å². The fourth-order valence-corrected chi connectivity index (χ4v) is 2.15. The van der Waals surface area contributed by atoms with Gasteiger partial charge >= 0.3 is 0 Å². The Bertz CT molecular complexity index is 429. The molecule has 1 rings (SSSR count). The van der Waals surface area contributed by atoms with Gasteiger partial charge in [0.2, 0.25) is 0 Å². The number of benzene rings is 1. The molecule has 3 heteroatoms. The standard InChI is InChI=1S/C17H28N2O/c1-5-7-8-14(4)19-17(20)15-9-10-16(13(3)12-15)18-11-6-2/h9-10,12,14,18H,5-8,11H2,1-4H3,(H,19,20). The van der Waals surface area contributed by atoms with Crippen molar-refractivity contribution < 1.29 is 4.79 Å². The van der Waals surface area contributed by atoms with E-state index in [0.717, 1.165) is 49.0 Å². The first kappa shape index (κ1) is 16.5. The molecule has 0 heterocycles. The first-order valence-electron chi connectivity index (χ1n) is 7.73. The molecular formula is C17H28N2O. The van der Waals surface area contributed by atoms with Gasteiger partial charge in [-0.05, 0) is 50.5 Å². The highest BCUT2D eigenvalue weighted by Crippen LogP contribution is 2.16. The van der Waals surface area contributed by atoms with Crippen LogP contribution >= 0.6 is 0 Å². The van der Waals surface area contributed by atoms with Crippen LogP contribution < -0.4 is 10.6 Å². The van der Waals surface area contributed by atoms with Crippen LogP contribution in [0.5, 0.6) is 0 Å². The third kappa shape index (κ3) is 5.24. The molecule has 0 fully saturated rings. The smallest absolute Gasteiger partial charge is 0.251 e. The van der Waals surface area contributed by atoms with E-state index in [-0.39, 0.29) is 11.9 Å². The van der Waals surface area contributed by atoms with Crippen LogP contribution in [-0.4, -0.2) is 18.5 Å². The lowest BCUT2D eigenvalue weighted by Gasteiger charge is -2.15. The van der Waals surface area contributed by atoms with Gasteiger partial charge in [0.1, 0.15) is 0 Å². The van der Waals surface area contributed by atoms with Crippen LogP contribution in [0.25, 0.3) is 0 Å². The number of aryl methyl sites for hydroxylation is 1.